The van der Waals surface area contributed by atoms with Crippen LogP contribution in [0.25, 0.3) is 0 Å². The van der Waals surface area contributed by atoms with Crippen molar-refractivity contribution >= 4 is 15.9 Å². The predicted octanol–water partition coefficient (Wildman–Crippen LogP) is 1.81. The molecule has 1 aliphatic heterocycles. The van der Waals surface area contributed by atoms with E-state index in [9.17, 15) is 0 Å². The van der Waals surface area contributed by atoms with Gasteiger partial charge in [0.05, 0.1) is 13.2 Å². The van der Waals surface area contributed by atoms with E-state index in [1.807, 2.05) is 0 Å². The van der Waals surface area contributed by atoms with Crippen molar-refractivity contribution in [2.45, 2.75) is 26.3 Å². The van der Waals surface area contributed by atoms with Crippen LogP contribution < -0.4 is 0 Å². The second kappa shape index (κ2) is 8.45. The second-order valence-electron chi connectivity index (χ2n) is 4.63. The van der Waals surface area contributed by atoms with E-state index < -0.39 is 0 Å². The molecule has 0 aromatic rings. The first-order valence-electron chi connectivity index (χ1n) is 6.34. The van der Waals surface area contributed by atoms with Crippen LogP contribution in [0.15, 0.2) is 0 Å². The molecule has 4 heteroatoms. The Kier molecular flexibility index (Phi) is 7.62. The van der Waals surface area contributed by atoms with E-state index in [1.54, 1.807) is 0 Å². The summed E-state index contributed by atoms with van der Waals surface area (Å²) < 4.78 is 5.36. The molecule has 0 unspecified atom stereocenters. The van der Waals surface area contributed by atoms with Crippen LogP contribution in [0, 0.1) is 0 Å². The van der Waals surface area contributed by atoms with Crippen LogP contribution in [0.4, 0.5) is 0 Å². The van der Waals surface area contributed by atoms with Gasteiger partial charge in [0.1, 0.15) is 0 Å². The first-order chi connectivity index (χ1) is 7.74. The molecule has 1 fully saturated rings. The Morgan fingerprint density at radius 2 is 1.94 bits per heavy atom. The van der Waals surface area contributed by atoms with Gasteiger partial charge >= 0.3 is 0 Å². The Morgan fingerprint density at radius 3 is 2.50 bits per heavy atom. The average molecular weight is 293 g/mol. The molecule has 0 amide bonds. The summed E-state index contributed by atoms with van der Waals surface area (Å²) in [7, 11) is 0. The van der Waals surface area contributed by atoms with Crippen LogP contribution >= 0.6 is 15.9 Å². The number of nitrogens with zero attached hydrogens (tertiary/aromatic N) is 2. The highest BCUT2D eigenvalue weighted by Gasteiger charge is 2.13. The van der Waals surface area contributed by atoms with E-state index in [0.717, 1.165) is 31.6 Å². The van der Waals surface area contributed by atoms with Gasteiger partial charge in [-0.25, -0.2) is 0 Å². The Morgan fingerprint density at radius 1 is 1.25 bits per heavy atom. The summed E-state index contributed by atoms with van der Waals surface area (Å²) in [6, 6.07) is 0.653. The molecule has 16 heavy (non-hydrogen) atoms. The Labute approximate surface area is 108 Å². The van der Waals surface area contributed by atoms with E-state index in [-0.39, 0.29) is 0 Å². The van der Waals surface area contributed by atoms with Gasteiger partial charge in [-0.2, -0.15) is 0 Å². The van der Waals surface area contributed by atoms with E-state index in [0.29, 0.717) is 6.04 Å². The minimum absolute atomic E-state index is 0.653. The lowest BCUT2D eigenvalue weighted by Gasteiger charge is -2.31. The van der Waals surface area contributed by atoms with Crippen LogP contribution in [-0.4, -0.2) is 67.1 Å². The summed E-state index contributed by atoms with van der Waals surface area (Å²) in [4.78, 5) is 5.07. The molecular formula is C12H25BrN2O. The topological polar surface area (TPSA) is 15.7 Å². The normalized spacial score (nSPS) is 18.6. The summed E-state index contributed by atoms with van der Waals surface area (Å²) >= 11 is 3.50. The van der Waals surface area contributed by atoms with Crippen LogP contribution in [-0.2, 0) is 4.74 Å². The first kappa shape index (κ1) is 14.4. The van der Waals surface area contributed by atoms with Gasteiger partial charge in [-0.15, -0.1) is 0 Å². The van der Waals surface area contributed by atoms with Crippen molar-refractivity contribution in [3.05, 3.63) is 0 Å². The zero-order chi connectivity index (χ0) is 11.8. The van der Waals surface area contributed by atoms with Gasteiger partial charge in [-0.05, 0) is 26.8 Å². The molecule has 0 spiro atoms. The molecule has 1 aliphatic rings. The predicted molar refractivity (Wildman–Crippen MR) is 72.4 cm³/mol. The summed E-state index contributed by atoms with van der Waals surface area (Å²) in [6.07, 6.45) is 1.24. The van der Waals surface area contributed by atoms with Gasteiger partial charge in [0, 0.05) is 37.6 Å². The third kappa shape index (κ3) is 5.62. The monoisotopic (exact) mass is 292 g/mol. The highest BCUT2D eigenvalue weighted by Crippen LogP contribution is 2.03. The van der Waals surface area contributed by atoms with Crippen molar-refractivity contribution in [3.8, 4) is 0 Å². The molecule has 96 valence electrons. The molecule has 0 aromatic heterocycles. The van der Waals surface area contributed by atoms with Crippen molar-refractivity contribution in [2.75, 3.05) is 51.3 Å². The first-order valence-corrected chi connectivity index (χ1v) is 7.46. The lowest BCUT2D eigenvalue weighted by Crippen LogP contribution is -2.43. The van der Waals surface area contributed by atoms with Crippen molar-refractivity contribution in [2.24, 2.45) is 0 Å². The zero-order valence-electron chi connectivity index (χ0n) is 10.6. The number of hydrogen-bond donors (Lipinski definition) is 0. The fourth-order valence-electron chi connectivity index (χ4n) is 1.99. The van der Waals surface area contributed by atoms with Gasteiger partial charge in [0.25, 0.3) is 0 Å². The molecule has 0 saturated carbocycles. The molecule has 0 N–H and O–H groups in total. The van der Waals surface area contributed by atoms with E-state index in [1.165, 1.54) is 26.1 Å². The number of alkyl halides is 1. The summed E-state index contributed by atoms with van der Waals surface area (Å²) in [5, 5.41) is 1.10. The highest BCUT2D eigenvalue weighted by molar-refractivity contribution is 9.09. The fourth-order valence-corrected chi connectivity index (χ4v) is 2.24. The number of ether oxygens (including phenoxy) is 1. The Balaban J connectivity index is 2.19. The van der Waals surface area contributed by atoms with E-state index in [4.69, 9.17) is 4.74 Å². The quantitative estimate of drug-likeness (QED) is 0.666. The Bertz CT molecular complexity index is 172. The van der Waals surface area contributed by atoms with Gasteiger partial charge < -0.3 is 4.74 Å². The summed E-state index contributed by atoms with van der Waals surface area (Å²) in [5.74, 6) is 0. The van der Waals surface area contributed by atoms with E-state index >= 15 is 0 Å². The van der Waals surface area contributed by atoms with Crippen molar-refractivity contribution in [1.29, 1.82) is 0 Å². The van der Waals surface area contributed by atoms with Crippen molar-refractivity contribution in [1.82, 2.24) is 9.80 Å². The zero-order valence-corrected chi connectivity index (χ0v) is 12.2. The third-order valence-corrected chi connectivity index (χ3v) is 3.68. The minimum atomic E-state index is 0.653. The van der Waals surface area contributed by atoms with Crippen molar-refractivity contribution < 1.29 is 4.74 Å². The number of halogens is 1. The second-order valence-corrected chi connectivity index (χ2v) is 5.42. The molecule has 0 radical (unpaired) electrons. The van der Waals surface area contributed by atoms with Gasteiger partial charge in [-0.1, -0.05) is 15.9 Å². The number of hydrogen-bond acceptors (Lipinski definition) is 3. The molecule has 0 aromatic carbocycles. The van der Waals surface area contributed by atoms with Crippen LogP contribution in [0.1, 0.15) is 20.3 Å². The molecule has 0 atom stereocenters. The standard InChI is InChI=1S/C12H25BrN2O/c1-12(2)15(5-3-4-13)7-6-14-8-10-16-11-9-14/h12H,3-11H2,1-2H3. The van der Waals surface area contributed by atoms with Crippen LogP contribution in [0.3, 0.4) is 0 Å². The lowest BCUT2D eigenvalue weighted by molar-refractivity contribution is 0.0317. The number of morpholine rings is 1. The average Bonchev–Trinajstić information content (AvgIpc) is 2.30. The molecule has 0 bridgehead atoms. The molecule has 0 aliphatic carbocycles. The summed E-state index contributed by atoms with van der Waals surface area (Å²) in [5.41, 5.74) is 0. The van der Waals surface area contributed by atoms with Crippen LogP contribution in [0.2, 0.25) is 0 Å². The third-order valence-electron chi connectivity index (χ3n) is 3.12. The smallest absolute Gasteiger partial charge is 0.0594 e. The maximum Gasteiger partial charge on any atom is 0.0594 e. The fraction of sp³-hybridized carbons (Fsp3) is 1.00. The maximum absolute atomic E-state index is 5.36. The van der Waals surface area contributed by atoms with Crippen LogP contribution in [0.5, 0.6) is 0 Å². The number of rotatable bonds is 7. The largest absolute Gasteiger partial charge is 0.379 e. The molecule has 1 heterocycles. The Hall–Kier alpha value is 0.360. The summed E-state index contributed by atoms with van der Waals surface area (Å²) in [6.45, 7) is 12.2. The maximum atomic E-state index is 5.36. The molecular weight excluding hydrogens is 268 g/mol. The molecule has 1 saturated heterocycles. The van der Waals surface area contributed by atoms with Gasteiger partial charge in [0.15, 0.2) is 0 Å². The minimum Gasteiger partial charge on any atom is -0.379 e. The SMILES string of the molecule is CC(C)N(CCCBr)CCN1CCOCC1. The molecule has 1 rings (SSSR count). The highest BCUT2D eigenvalue weighted by atomic mass is 79.9. The van der Waals surface area contributed by atoms with Gasteiger partial charge in [-0.3, -0.25) is 9.80 Å². The van der Waals surface area contributed by atoms with E-state index in [2.05, 4.69) is 39.6 Å². The molecule has 3 nitrogen and oxygen atoms in total. The van der Waals surface area contributed by atoms with Gasteiger partial charge in [0.2, 0.25) is 0 Å². The van der Waals surface area contributed by atoms with Crippen molar-refractivity contribution in [3.63, 3.8) is 0 Å². The lowest BCUT2D eigenvalue weighted by atomic mass is 10.3.